The van der Waals surface area contributed by atoms with Gasteiger partial charge in [-0.1, -0.05) is 73.7 Å². The zero-order chi connectivity index (χ0) is 15.4. The Bertz CT molecular complexity index is 787. The molecule has 3 rings (SSSR count). The predicted octanol–water partition coefficient (Wildman–Crippen LogP) is 5.67. The lowest BCUT2D eigenvalue weighted by atomic mass is 9.96. The molecule has 0 aliphatic heterocycles. The van der Waals surface area contributed by atoms with Crippen LogP contribution in [0.1, 0.15) is 24.0 Å². The first kappa shape index (κ1) is 14.4. The maximum absolute atomic E-state index is 5.28. The zero-order valence-electron chi connectivity index (χ0n) is 13.0. The lowest BCUT2D eigenvalue weighted by molar-refractivity contribution is 0.415. The first-order valence-corrected chi connectivity index (χ1v) is 7.57. The van der Waals surface area contributed by atoms with Gasteiger partial charge in [0.2, 0.25) is 0 Å². The highest BCUT2D eigenvalue weighted by Crippen LogP contribution is 2.26. The first-order valence-electron chi connectivity index (χ1n) is 7.57. The quantitative estimate of drug-likeness (QED) is 0.601. The summed E-state index contributed by atoms with van der Waals surface area (Å²) in [5, 5.41) is 2.46. The maximum Gasteiger partial charge on any atom is 0.119 e. The van der Waals surface area contributed by atoms with Gasteiger partial charge in [0, 0.05) is 0 Å². The van der Waals surface area contributed by atoms with Crippen molar-refractivity contribution < 1.29 is 4.74 Å². The minimum atomic E-state index is 0.381. The van der Waals surface area contributed by atoms with E-state index in [1.165, 1.54) is 21.9 Å². The van der Waals surface area contributed by atoms with Crippen LogP contribution in [0.4, 0.5) is 0 Å². The average Bonchev–Trinajstić information content (AvgIpc) is 2.59. The highest BCUT2D eigenvalue weighted by molar-refractivity contribution is 5.84. The Morgan fingerprint density at radius 2 is 1.59 bits per heavy atom. The maximum atomic E-state index is 5.28. The van der Waals surface area contributed by atoms with Gasteiger partial charge in [-0.05, 0) is 39.9 Å². The smallest absolute Gasteiger partial charge is 0.119 e. The van der Waals surface area contributed by atoms with Crippen LogP contribution in [-0.4, -0.2) is 7.11 Å². The molecule has 3 aromatic rings. The molecule has 0 N–H and O–H groups in total. The van der Waals surface area contributed by atoms with Crippen LogP contribution in [-0.2, 0) is 0 Å². The van der Waals surface area contributed by atoms with Gasteiger partial charge in [0.05, 0.1) is 7.11 Å². The molecule has 110 valence electrons. The lowest BCUT2D eigenvalue weighted by Crippen LogP contribution is -1.89. The van der Waals surface area contributed by atoms with Crippen molar-refractivity contribution in [1.82, 2.24) is 0 Å². The third-order valence-corrected chi connectivity index (χ3v) is 3.97. The fourth-order valence-electron chi connectivity index (χ4n) is 2.58. The Morgan fingerprint density at radius 1 is 0.864 bits per heavy atom. The highest BCUT2D eigenvalue weighted by Gasteiger charge is 2.04. The van der Waals surface area contributed by atoms with Crippen molar-refractivity contribution >= 4 is 16.8 Å². The van der Waals surface area contributed by atoms with E-state index in [0.29, 0.717) is 5.92 Å². The molecule has 22 heavy (non-hydrogen) atoms. The fourth-order valence-corrected chi connectivity index (χ4v) is 2.58. The highest BCUT2D eigenvalue weighted by atomic mass is 16.5. The molecular formula is C21H20O. The van der Waals surface area contributed by atoms with Gasteiger partial charge < -0.3 is 4.74 Å². The molecule has 0 fully saturated rings. The summed E-state index contributed by atoms with van der Waals surface area (Å²) in [5.41, 5.74) is 2.56. The van der Waals surface area contributed by atoms with Gasteiger partial charge in [-0.3, -0.25) is 0 Å². The van der Waals surface area contributed by atoms with Gasteiger partial charge in [-0.2, -0.15) is 0 Å². The van der Waals surface area contributed by atoms with E-state index in [1.54, 1.807) is 7.11 Å². The van der Waals surface area contributed by atoms with Crippen LogP contribution in [0.25, 0.3) is 16.8 Å². The summed E-state index contributed by atoms with van der Waals surface area (Å²) < 4.78 is 5.28. The molecule has 1 atom stereocenters. The normalized spacial score (nSPS) is 12.6. The molecule has 0 aromatic heterocycles. The number of allylic oxidation sites excluding steroid dienone is 1. The van der Waals surface area contributed by atoms with E-state index >= 15 is 0 Å². The van der Waals surface area contributed by atoms with Crippen LogP contribution in [0, 0.1) is 0 Å². The molecule has 0 saturated heterocycles. The molecule has 3 aromatic carbocycles. The summed E-state index contributed by atoms with van der Waals surface area (Å²) in [6, 6.07) is 23.2. The summed E-state index contributed by atoms with van der Waals surface area (Å²) in [4.78, 5) is 0. The second-order valence-electron chi connectivity index (χ2n) is 5.53. The third-order valence-electron chi connectivity index (χ3n) is 3.97. The lowest BCUT2D eigenvalue weighted by Gasteiger charge is -2.09. The topological polar surface area (TPSA) is 9.23 Å². The van der Waals surface area contributed by atoms with E-state index in [1.807, 2.05) is 12.1 Å². The Morgan fingerprint density at radius 3 is 2.36 bits per heavy atom. The Kier molecular flexibility index (Phi) is 4.24. The van der Waals surface area contributed by atoms with E-state index in [9.17, 15) is 0 Å². The van der Waals surface area contributed by atoms with Gasteiger partial charge in [-0.25, -0.2) is 0 Å². The van der Waals surface area contributed by atoms with Gasteiger partial charge in [0.15, 0.2) is 0 Å². The molecule has 0 amide bonds. The van der Waals surface area contributed by atoms with Crippen molar-refractivity contribution in [2.24, 2.45) is 0 Å². The standard InChI is InChI=1S/C21H20O/c1-16(8-9-17-6-4-3-5-7-17)18-10-11-20-15-21(22-2)13-12-19(20)14-18/h3-16H,1-2H3/b9-8+/t16-/m0/s1. The van der Waals surface area contributed by atoms with E-state index in [0.717, 1.165) is 5.75 Å². The number of benzene rings is 3. The van der Waals surface area contributed by atoms with Gasteiger partial charge >= 0.3 is 0 Å². The van der Waals surface area contributed by atoms with Crippen molar-refractivity contribution in [2.75, 3.05) is 7.11 Å². The fraction of sp³-hybridized carbons (Fsp3) is 0.143. The molecule has 0 heterocycles. The van der Waals surface area contributed by atoms with Crippen LogP contribution >= 0.6 is 0 Å². The summed E-state index contributed by atoms with van der Waals surface area (Å²) in [5.74, 6) is 1.28. The van der Waals surface area contributed by atoms with Crippen LogP contribution < -0.4 is 4.74 Å². The molecule has 0 aliphatic rings. The number of methoxy groups -OCH3 is 1. The third kappa shape index (κ3) is 3.20. The van der Waals surface area contributed by atoms with Crippen LogP contribution in [0.15, 0.2) is 72.8 Å². The molecule has 0 saturated carbocycles. The van der Waals surface area contributed by atoms with Crippen LogP contribution in [0.5, 0.6) is 5.75 Å². The summed E-state index contributed by atoms with van der Waals surface area (Å²) in [6.45, 7) is 2.23. The monoisotopic (exact) mass is 288 g/mol. The van der Waals surface area contributed by atoms with E-state index < -0.39 is 0 Å². The Labute approximate surface area is 131 Å². The Hall–Kier alpha value is -2.54. The van der Waals surface area contributed by atoms with Crippen molar-refractivity contribution in [3.05, 3.63) is 83.9 Å². The molecule has 1 heteroatoms. The average molecular weight is 288 g/mol. The molecule has 0 spiro atoms. The van der Waals surface area contributed by atoms with E-state index in [4.69, 9.17) is 4.74 Å². The molecular weight excluding hydrogens is 268 g/mol. The molecule has 1 nitrogen and oxygen atoms in total. The largest absolute Gasteiger partial charge is 0.497 e. The van der Waals surface area contributed by atoms with E-state index in [2.05, 4.69) is 73.7 Å². The number of ether oxygens (including phenoxy) is 1. The number of hydrogen-bond acceptors (Lipinski definition) is 1. The minimum Gasteiger partial charge on any atom is -0.497 e. The van der Waals surface area contributed by atoms with Gasteiger partial charge in [0.1, 0.15) is 5.75 Å². The molecule has 0 radical (unpaired) electrons. The molecule has 0 unspecified atom stereocenters. The van der Waals surface area contributed by atoms with Crippen LogP contribution in [0.3, 0.4) is 0 Å². The van der Waals surface area contributed by atoms with Crippen molar-refractivity contribution in [3.63, 3.8) is 0 Å². The molecule has 0 bridgehead atoms. The van der Waals surface area contributed by atoms with Crippen LogP contribution in [0.2, 0.25) is 0 Å². The summed E-state index contributed by atoms with van der Waals surface area (Å²) in [7, 11) is 1.70. The predicted molar refractivity (Wildman–Crippen MR) is 94.4 cm³/mol. The van der Waals surface area contributed by atoms with E-state index in [-0.39, 0.29) is 0 Å². The summed E-state index contributed by atoms with van der Waals surface area (Å²) >= 11 is 0. The minimum absolute atomic E-state index is 0.381. The van der Waals surface area contributed by atoms with Crippen molar-refractivity contribution in [1.29, 1.82) is 0 Å². The summed E-state index contributed by atoms with van der Waals surface area (Å²) in [6.07, 6.45) is 4.43. The first-order chi connectivity index (χ1) is 10.8. The SMILES string of the molecule is COc1ccc2cc([C@@H](C)/C=C/c3ccccc3)ccc2c1. The molecule has 0 aliphatic carbocycles. The van der Waals surface area contributed by atoms with Crippen molar-refractivity contribution in [3.8, 4) is 5.75 Å². The van der Waals surface area contributed by atoms with Gasteiger partial charge in [-0.15, -0.1) is 0 Å². The number of fused-ring (bicyclic) bond motifs is 1. The second kappa shape index (κ2) is 6.48. The zero-order valence-corrected chi connectivity index (χ0v) is 13.0. The van der Waals surface area contributed by atoms with Gasteiger partial charge in [0.25, 0.3) is 0 Å². The Balaban J connectivity index is 1.85. The van der Waals surface area contributed by atoms with Crippen molar-refractivity contribution in [2.45, 2.75) is 12.8 Å². The number of rotatable bonds is 4. The second-order valence-corrected chi connectivity index (χ2v) is 5.53. The number of hydrogen-bond donors (Lipinski definition) is 0.